The van der Waals surface area contributed by atoms with Gasteiger partial charge >= 0.3 is 12.4 Å². The van der Waals surface area contributed by atoms with Crippen molar-refractivity contribution in [1.82, 2.24) is 0 Å². The summed E-state index contributed by atoms with van der Waals surface area (Å²) in [4.78, 5) is 0. The van der Waals surface area contributed by atoms with Gasteiger partial charge in [-0.1, -0.05) is 51.1 Å². The number of rotatable bonds is 10. The first-order valence-electron chi connectivity index (χ1n) is 10.9. The molecule has 0 unspecified atom stereocenters. The molecule has 2 aromatic carbocycles. The maximum absolute atomic E-state index is 13.1. The minimum absolute atomic E-state index is 0.0106. The van der Waals surface area contributed by atoms with Crippen LogP contribution < -0.4 is 0 Å². The lowest BCUT2D eigenvalue weighted by Gasteiger charge is -2.40. The van der Waals surface area contributed by atoms with E-state index in [0.717, 1.165) is 23.7 Å². The first kappa shape index (κ1) is 27.4. The van der Waals surface area contributed by atoms with Crippen LogP contribution in [0.5, 0.6) is 0 Å². The molecule has 0 spiro atoms. The van der Waals surface area contributed by atoms with Crippen molar-refractivity contribution in [2.45, 2.75) is 70.4 Å². The van der Waals surface area contributed by atoms with Crippen molar-refractivity contribution in [2.75, 3.05) is 6.61 Å². The van der Waals surface area contributed by atoms with Gasteiger partial charge in [-0.15, -0.1) is 0 Å². The molecule has 1 atom stereocenters. The second-order valence-electron chi connectivity index (χ2n) is 8.35. The van der Waals surface area contributed by atoms with E-state index in [1.165, 1.54) is 0 Å². The molecular weight excluding hydrogens is 462 g/mol. The van der Waals surface area contributed by atoms with Crippen LogP contribution in [0.2, 0.25) is 18.1 Å². The van der Waals surface area contributed by atoms with Crippen molar-refractivity contribution in [3.63, 3.8) is 0 Å². The molecule has 2 rings (SSSR count). The van der Waals surface area contributed by atoms with Crippen LogP contribution in [0.1, 0.15) is 49.9 Å². The van der Waals surface area contributed by atoms with Crippen molar-refractivity contribution in [3.8, 4) is 0 Å². The molecule has 0 amide bonds. The molecule has 2 nitrogen and oxygen atoms in total. The van der Waals surface area contributed by atoms with Gasteiger partial charge in [0.2, 0.25) is 0 Å². The summed E-state index contributed by atoms with van der Waals surface area (Å²) in [6, 6.07) is 13.5. The van der Waals surface area contributed by atoms with Crippen molar-refractivity contribution >= 4 is 8.32 Å². The average Bonchev–Trinajstić information content (AvgIpc) is 2.77. The molecule has 33 heavy (non-hydrogen) atoms. The van der Waals surface area contributed by atoms with Crippen LogP contribution in [0.15, 0.2) is 48.5 Å². The van der Waals surface area contributed by atoms with E-state index in [2.05, 4.69) is 20.8 Å². The summed E-state index contributed by atoms with van der Waals surface area (Å²) in [5, 5.41) is 0. The van der Waals surface area contributed by atoms with Gasteiger partial charge < -0.3 is 9.16 Å². The Bertz CT molecular complexity index is 854. The highest BCUT2D eigenvalue weighted by Gasteiger charge is 2.40. The summed E-state index contributed by atoms with van der Waals surface area (Å²) in [5.41, 5.74) is -2.95. The summed E-state index contributed by atoms with van der Waals surface area (Å²) in [7, 11) is -2.11. The topological polar surface area (TPSA) is 18.5 Å². The molecule has 2 aromatic rings. The molecule has 0 saturated heterocycles. The predicted molar refractivity (Wildman–Crippen MR) is 118 cm³/mol. The SMILES string of the molecule is CC[Si](CC)(CC)O[C@@](C)(COCc1cc(C(F)(F)F)cc(C(F)(F)F)c1)c1ccccc1. The quantitative estimate of drug-likeness (QED) is 0.246. The summed E-state index contributed by atoms with van der Waals surface area (Å²) in [5.74, 6) is 0. The van der Waals surface area contributed by atoms with Gasteiger partial charge in [0.1, 0.15) is 5.60 Å². The number of alkyl halides is 6. The maximum Gasteiger partial charge on any atom is 0.416 e. The van der Waals surface area contributed by atoms with Crippen LogP contribution in [0.4, 0.5) is 26.3 Å². The molecule has 0 aliphatic rings. The van der Waals surface area contributed by atoms with E-state index in [9.17, 15) is 26.3 Å². The second-order valence-corrected chi connectivity index (χ2v) is 13.0. The van der Waals surface area contributed by atoms with Gasteiger partial charge in [-0.2, -0.15) is 26.3 Å². The van der Waals surface area contributed by atoms with E-state index < -0.39 is 44.0 Å². The van der Waals surface area contributed by atoms with E-state index in [-0.39, 0.29) is 18.2 Å². The highest BCUT2D eigenvalue weighted by Crippen LogP contribution is 2.37. The molecule has 0 bridgehead atoms. The van der Waals surface area contributed by atoms with Crippen LogP contribution >= 0.6 is 0 Å². The Hall–Kier alpha value is -1.84. The number of benzene rings is 2. The molecule has 0 heterocycles. The fourth-order valence-corrected chi connectivity index (χ4v) is 6.94. The van der Waals surface area contributed by atoms with Crippen molar-refractivity contribution in [3.05, 3.63) is 70.8 Å². The maximum atomic E-state index is 13.1. The monoisotopic (exact) mass is 492 g/mol. The fourth-order valence-electron chi connectivity index (χ4n) is 3.87. The summed E-state index contributed by atoms with van der Waals surface area (Å²) in [6.45, 7) is 7.67. The van der Waals surface area contributed by atoms with Crippen molar-refractivity contribution in [1.29, 1.82) is 0 Å². The normalized spacial score (nSPS) is 14.8. The Kier molecular flexibility index (Phi) is 8.81. The third-order valence-electron chi connectivity index (χ3n) is 6.05. The Morgan fingerprint density at radius 1 is 0.727 bits per heavy atom. The van der Waals surface area contributed by atoms with Gasteiger partial charge in [0, 0.05) is 0 Å². The highest BCUT2D eigenvalue weighted by molar-refractivity contribution is 6.73. The summed E-state index contributed by atoms with van der Waals surface area (Å²) >= 11 is 0. The van der Waals surface area contributed by atoms with Crippen LogP contribution in [0, 0.1) is 0 Å². The molecule has 0 fully saturated rings. The molecule has 0 N–H and O–H groups in total. The molecular formula is C24H30F6O2Si. The molecule has 9 heteroatoms. The molecule has 0 aliphatic heterocycles. The zero-order valence-electron chi connectivity index (χ0n) is 19.2. The van der Waals surface area contributed by atoms with E-state index in [0.29, 0.717) is 12.1 Å². The second kappa shape index (κ2) is 10.6. The van der Waals surface area contributed by atoms with E-state index in [4.69, 9.17) is 9.16 Å². The molecule has 0 aromatic heterocycles. The Labute approximate surface area is 192 Å². The zero-order chi connectivity index (χ0) is 24.9. The number of hydrogen-bond acceptors (Lipinski definition) is 2. The molecule has 0 saturated carbocycles. The van der Waals surface area contributed by atoms with Gasteiger partial charge in [-0.05, 0) is 54.4 Å². The van der Waals surface area contributed by atoms with E-state index in [1.54, 1.807) is 0 Å². The van der Waals surface area contributed by atoms with Crippen LogP contribution in [-0.2, 0) is 33.7 Å². The lowest BCUT2D eigenvalue weighted by molar-refractivity contribution is -0.143. The van der Waals surface area contributed by atoms with Gasteiger partial charge in [0.25, 0.3) is 0 Å². The molecule has 0 aliphatic carbocycles. The van der Waals surface area contributed by atoms with Crippen molar-refractivity contribution < 1.29 is 35.5 Å². The molecule has 184 valence electrons. The van der Waals surface area contributed by atoms with Crippen LogP contribution in [0.25, 0.3) is 0 Å². The number of halogens is 6. The zero-order valence-corrected chi connectivity index (χ0v) is 20.2. The first-order chi connectivity index (χ1) is 15.3. The Morgan fingerprint density at radius 3 is 1.64 bits per heavy atom. The van der Waals surface area contributed by atoms with E-state index >= 15 is 0 Å². The third kappa shape index (κ3) is 7.07. The predicted octanol–water partition coefficient (Wildman–Crippen LogP) is 8.18. The summed E-state index contributed by atoms with van der Waals surface area (Å²) in [6.07, 6.45) is -9.79. The first-order valence-corrected chi connectivity index (χ1v) is 13.4. The Morgan fingerprint density at radius 2 is 1.21 bits per heavy atom. The van der Waals surface area contributed by atoms with Crippen molar-refractivity contribution in [2.24, 2.45) is 0 Å². The fraction of sp³-hybridized carbons (Fsp3) is 0.500. The lowest BCUT2D eigenvalue weighted by atomic mass is 9.97. The highest BCUT2D eigenvalue weighted by atomic mass is 28.4. The smallest absolute Gasteiger partial charge is 0.405 e. The van der Waals surface area contributed by atoms with Crippen LogP contribution in [0.3, 0.4) is 0 Å². The molecule has 0 radical (unpaired) electrons. The van der Waals surface area contributed by atoms with Crippen LogP contribution in [-0.4, -0.2) is 14.9 Å². The minimum Gasteiger partial charge on any atom is -0.405 e. The standard InChI is InChI=1S/C24H30F6O2Si/c1-5-33(6-2,7-3)32-22(4,19-11-9-8-10-12-19)17-31-16-18-13-20(23(25,26)27)15-21(14-18)24(28,29)30/h8-15H,5-7,16-17H2,1-4H3/t22-/m0/s1. The average molecular weight is 493 g/mol. The third-order valence-corrected chi connectivity index (χ3v) is 10.8. The van der Waals surface area contributed by atoms with E-state index in [1.807, 2.05) is 37.3 Å². The lowest BCUT2D eigenvalue weighted by Crippen LogP contribution is -2.46. The number of hydrogen-bond donors (Lipinski definition) is 0. The largest absolute Gasteiger partial charge is 0.416 e. The summed E-state index contributed by atoms with van der Waals surface area (Å²) < 4.78 is 91.3. The minimum atomic E-state index is -4.90. The van der Waals surface area contributed by atoms with Gasteiger partial charge in [-0.3, -0.25) is 0 Å². The Balaban J connectivity index is 2.32. The van der Waals surface area contributed by atoms with Gasteiger partial charge in [0.15, 0.2) is 8.32 Å². The van der Waals surface area contributed by atoms with Gasteiger partial charge in [-0.25, -0.2) is 0 Å². The van der Waals surface area contributed by atoms with Gasteiger partial charge in [0.05, 0.1) is 24.3 Å². The number of ether oxygens (including phenoxy) is 1.